The van der Waals surface area contributed by atoms with Crippen molar-refractivity contribution in [1.29, 1.82) is 0 Å². The number of fused-ring (bicyclic) bond motifs is 1. The Morgan fingerprint density at radius 3 is 2.89 bits per heavy atom. The molecule has 104 valence electrons. The molecule has 0 saturated heterocycles. The molecule has 0 aromatic heterocycles. The minimum atomic E-state index is 0.729. The van der Waals surface area contributed by atoms with Gasteiger partial charge in [0.25, 0.3) is 0 Å². The summed E-state index contributed by atoms with van der Waals surface area (Å²) in [4.78, 5) is 1.50. The van der Waals surface area contributed by atoms with Crippen LogP contribution in [0, 0.1) is 5.92 Å². The molecule has 1 aliphatic carbocycles. The second-order valence-electron chi connectivity index (χ2n) is 6.04. The number of hydrogen-bond acceptors (Lipinski definition) is 2. The molecule has 0 amide bonds. The van der Waals surface area contributed by atoms with Crippen LogP contribution in [0.1, 0.15) is 50.0 Å². The lowest BCUT2D eigenvalue weighted by Gasteiger charge is -2.13. The van der Waals surface area contributed by atoms with Crippen LogP contribution in [-0.2, 0) is 0 Å². The van der Waals surface area contributed by atoms with E-state index in [0.717, 1.165) is 18.4 Å². The molecule has 2 heteroatoms. The van der Waals surface area contributed by atoms with Crippen LogP contribution in [0.25, 0.3) is 0 Å². The van der Waals surface area contributed by atoms with Crippen molar-refractivity contribution < 1.29 is 0 Å². The third-order valence-electron chi connectivity index (χ3n) is 4.63. The molecular weight excluding hydrogens is 250 g/mol. The Morgan fingerprint density at radius 2 is 2.00 bits per heavy atom. The fourth-order valence-electron chi connectivity index (χ4n) is 3.49. The van der Waals surface area contributed by atoms with E-state index in [-0.39, 0.29) is 0 Å². The van der Waals surface area contributed by atoms with Gasteiger partial charge in [-0.2, -0.15) is 0 Å². The first-order valence-corrected chi connectivity index (χ1v) is 8.84. The Balaban J connectivity index is 1.34. The first kappa shape index (κ1) is 13.5. The maximum Gasteiger partial charge on any atom is 0.0108 e. The number of rotatable bonds is 6. The van der Waals surface area contributed by atoms with Gasteiger partial charge < -0.3 is 5.32 Å². The Hall–Kier alpha value is -0.470. The van der Waals surface area contributed by atoms with Gasteiger partial charge in [-0.1, -0.05) is 43.9 Å². The van der Waals surface area contributed by atoms with Crippen LogP contribution < -0.4 is 5.32 Å². The molecule has 1 atom stereocenters. The van der Waals surface area contributed by atoms with Crippen molar-refractivity contribution >= 4 is 11.8 Å². The van der Waals surface area contributed by atoms with Crippen molar-refractivity contribution in [2.24, 2.45) is 5.92 Å². The SMILES string of the molecule is c1ccc2c(c1)SCC2CNCCCC1CCCC1. The molecule has 1 N–H and O–H groups in total. The fourth-order valence-corrected chi connectivity index (χ4v) is 4.74. The normalized spacial score (nSPS) is 22.8. The molecule has 1 aromatic rings. The Morgan fingerprint density at radius 1 is 1.16 bits per heavy atom. The lowest BCUT2D eigenvalue weighted by atomic mass is 10.0. The molecule has 1 fully saturated rings. The third-order valence-corrected chi connectivity index (χ3v) is 5.88. The largest absolute Gasteiger partial charge is 0.316 e. The summed E-state index contributed by atoms with van der Waals surface area (Å²) in [5, 5.41) is 3.68. The predicted molar refractivity (Wildman–Crippen MR) is 84.0 cm³/mol. The lowest BCUT2D eigenvalue weighted by molar-refractivity contribution is 0.467. The van der Waals surface area contributed by atoms with Gasteiger partial charge in [0.15, 0.2) is 0 Å². The van der Waals surface area contributed by atoms with Crippen LogP contribution in [-0.4, -0.2) is 18.8 Å². The molecule has 1 aliphatic heterocycles. The number of benzene rings is 1. The molecule has 1 aromatic carbocycles. The molecule has 19 heavy (non-hydrogen) atoms. The van der Waals surface area contributed by atoms with Crippen molar-refractivity contribution in [1.82, 2.24) is 5.32 Å². The second-order valence-corrected chi connectivity index (χ2v) is 7.10. The van der Waals surface area contributed by atoms with Crippen LogP contribution in [0.3, 0.4) is 0 Å². The second kappa shape index (κ2) is 6.81. The molecule has 3 rings (SSSR count). The summed E-state index contributed by atoms with van der Waals surface area (Å²) in [7, 11) is 0. The van der Waals surface area contributed by atoms with Gasteiger partial charge >= 0.3 is 0 Å². The molecule has 0 radical (unpaired) electrons. The zero-order valence-corrected chi connectivity index (χ0v) is 12.6. The van der Waals surface area contributed by atoms with Crippen molar-refractivity contribution in [3.05, 3.63) is 29.8 Å². The number of nitrogens with one attached hydrogen (secondary N) is 1. The van der Waals surface area contributed by atoms with Crippen molar-refractivity contribution in [3.63, 3.8) is 0 Å². The van der Waals surface area contributed by atoms with Gasteiger partial charge in [-0.25, -0.2) is 0 Å². The van der Waals surface area contributed by atoms with Gasteiger partial charge in [-0.3, -0.25) is 0 Å². The minimum Gasteiger partial charge on any atom is -0.316 e. The molecule has 0 spiro atoms. The van der Waals surface area contributed by atoms with E-state index in [2.05, 4.69) is 29.6 Å². The average molecular weight is 275 g/mol. The van der Waals surface area contributed by atoms with Gasteiger partial charge in [0.1, 0.15) is 0 Å². The van der Waals surface area contributed by atoms with Gasteiger partial charge in [0.2, 0.25) is 0 Å². The molecule has 1 nitrogen and oxygen atoms in total. The molecule has 0 bridgehead atoms. The summed E-state index contributed by atoms with van der Waals surface area (Å²) in [5.41, 5.74) is 1.57. The molecule has 2 aliphatic rings. The summed E-state index contributed by atoms with van der Waals surface area (Å²) < 4.78 is 0. The van der Waals surface area contributed by atoms with Crippen LogP contribution in [0.2, 0.25) is 0 Å². The molecule has 1 heterocycles. The van der Waals surface area contributed by atoms with E-state index >= 15 is 0 Å². The summed E-state index contributed by atoms with van der Waals surface area (Å²) in [6.07, 6.45) is 8.76. The lowest BCUT2D eigenvalue weighted by Crippen LogP contribution is -2.23. The van der Waals surface area contributed by atoms with Gasteiger partial charge in [0, 0.05) is 23.1 Å². The highest BCUT2D eigenvalue weighted by molar-refractivity contribution is 7.99. The van der Waals surface area contributed by atoms with E-state index in [4.69, 9.17) is 0 Å². The summed E-state index contributed by atoms with van der Waals surface area (Å²) in [6, 6.07) is 8.90. The molecule has 1 saturated carbocycles. The van der Waals surface area contributed by atoms with Crippen LogP contribution >= 0.6 is 11.8 Å². The minimum absolute atomic E-state index is 0.729. The van der Waals surface area contributed by atoms with Gasteiger partial charge in [-0.15, -0.1) is 11.8 Å². The molecular formula is C17H25NS. The van der Waals surface area contributed by atoms with Crippen molar-refractivity contribution in [2.75, 3.05) is 18.8 Å². The third kappa shape index (κ3) is 3.55. The summed E-state index contributed by atoms with van der Waals surface area (Å²) in [6.45, 7) is 2.37. The van der Waals surface area contributed by atoms with E-state index < -0.39 is 0 Å². The van der Waals surface area contributed by atoms with Gasteiger partial charge in [0.05, 0.1) is 0 Å². The van der Waals surface area contributed by atoms with E-state index in [1.807, 2.05) is 11.8 Å². The van der Waals surface area contributed by atoms with Crippen molar-refractivity contribution in [3.8, 4) is 0 Å². The van der Waals surface area contributed by atoms with E-state index in [1.54, 1.807) is 5.56 Å². The highest BCUT2D eigenvalue weighted by Gasteiger charge is 2.22. The zero-order valence-electron chi connectivity index (χ0n) is 11.7. The van der Waals surface area contributed by atoms with Crippen LogP contribution in [0.5, 0.6) is 0 Å². The standard InChI is InChI=1S/C17H25NS/c1-2-7-14(6-1)8-5-11-18-12-15-13-19-17-10-4-3-9-16(15)17/h3-4,9-10,14-15,18H,1-2,5-8,11-13H2. The first-order chi connectivity index (χ1) is 9.43. The summed E-state index contributed by atoms with van der Waals surface area (Å²) in [5.74, 6) is 3.03. The van der Waals surface area contributed by atoms with Crippen molar-refractivity contribution in [2.45, 2.75) is 49.3 Å². The summed E-state index contributed by atoms with van der Waals surface area (Å²) >= 11 is 2.02. The number of thioether (sulfide) groups is 1. The Kier molecular flexibility index (Phi) is 4.84. The highest BCUT2D eigenvalue weighted by Crippen LogP contribution is 2.38. The Labute approximate surface area is 121 Å². The highest BCUT2D eigenvalue weighted by atomic mass is 32.2. The maximum absolute atomic E-state index is 3.68. The maximum atomic E-state index is 3.68. The first-order valence-electron chi connectivity index (χ1n) is 7.86. The van der Waals surface area contributed by atoms with Gasteiger partial charge in [-0.05, 0) is 36.9 Å². The predicted octanol–water partition coefficient (Wildman–Crippen LogP) is 4.44. The monoisotopic (exact) mass is 275 g/mol. The smallest absolute Gasteiger partial charge is 0.0108 e. The number of hydrogen-bond donors (Lipinski definition) is 1. The molecule has 1 unspecified atom stereocenters. The van der Waals surface area contributed by atoms with Crippen LogP contribution in [0.4, 0.5) is 0 Å². The quantitative estimate of drug-likeness (QED) is 0.771. The van der Waals surface area contributed by atoms with E-state index in [0.29, 0.717) is 0 Å². The van der Waals surface area contributed by atoms with E-state index in [9.17, 15) is 0 Å². The van der Waals surface area contributed by atoms with E-state index in [1.165, 1.54) is 55.7 Å². The topological polar surface area (TPSA) is 12.0 Å². The zero-order chi connectivity index (χ0) is 12.9. The Bertz CT molecular complexity index is 398. The van der Waals surface area contributed by atoms with Crippen LogP contribution in [0.15, 0.2) is 29.2 Å². The average Bonchev–Trinajstić information content (AvgIpc) is 3.08. The fraction of sp³-hybridized carbons (Fsp3) is 0.647.